The van der Waals surface area contributed by atoms with Crippen LogP contribution in [0, 0.1) is 11.3 Å². The Hall–Kier alpha value is -0.120. The highest BCUT2D eigenvalue weighted by molar-refractivity contribution is 4.84. The van der Waals surface area contributed by atoms with Crippen LogP contribution in [0.4, 0.5) is 0 Å². The first-order valence-corrected chi connectivity index (χ1v) is 7.89. The van der Waals surface area contributed by atoms with Crippen LogP contribution >= 0.6 is 0 Å². The molecule has 0 aromatic carbocycles. The smallest absolute Gasteiger partial charge is 0.00975 e. The molecule has 1 rings (SSSR count). The Morgan fingerprint density at radius 2 is 1.74 bits per heavy atom. The zero-order valence-electron chi connectivity index (χ0n) is 13.8. The van der Waals surface area contributed by atoms with Crippen LogP contribution in [0.15, 0.2) is 0 Å². The van der Waals surface area contributed by atoms with Gasteiger partial charge in [0.2, 0.25) is 0 Å². The molecule has 1 aliphatic heterocycles. The van der Waals surface area contributed by atoms with Gasteiger partial charge in [0.15, 0.2) is 0 Å². The molecule has 1 heterocycles. The zero-order valence-corrected chi connectivity index (χ0v) is 13.8. The van der Waals surface area contributed by atoms with Crippen molar-refractivity contribution in [2.45, 2.75) is 58.9 Å². The molecule has 0 radical (unpaired) electrons. The van der Waals surface area contributed by atoms with E-state index in [0.717, 1.165) is 25.4 Å². The molecule has 0 aliphatic carbocycles. The molecule has 1 saturated heterocycles. The van der Waals surface area contributed by atoms with Crippen molar-refractivity contribution in [3.63, 3.8) is 0 Å². The summed E-state index contributed by atoms with van der Waals surface area (Å²) in [5, 5.41) is 3.64. The van der Waals surface area contributed by atoms with Gasteiger partial charge >= 0.3 is 0 Å². The molecule has 3 N–H and O–H groups in total. The summed E-state index contributed by atoms with van der Waals surface area (Å²) in [6.45, 7) is 13.8. The minimum absolute atomic E-state index is 0.0227. The molecule has 3 nitrogen and oxygen atoms in total. The number of nitrogens with zero attached hydrogens (tertiary/aromatic N) is 1. The number of rotatable bonds is 7. The quantitative estimate of drug-likeness (QED) is 0.698. The first-order valence-electron chi connectivity index (χ1n) is 7.89. The maximum atomic E-state index is 6.00. The average Bonchev–Trinajstić information content (AvgIpc) is 2.27. The van der Waals surface area contributed by atoms with Crippen LogP contribution in [0.3, 0.4) is 0 Å². The van der Waals surface area contributed by atoms with E-state index in [1.165, 1.54) is 32.4 Å². The number of nitrogens with one attached hydrogen (secondary N) is 1. The summed E-state index contributed by atoms with van der Waals surface area (Å²) in [7, 11) is 2.23. The molecule has 0 amide bonds. The first kappa shape index (κ1) is 16.9. The van der Waals surface area contributed by atoms with Crippen LogP contribution in [-0.2, 0) is 0 Å². The minimum atomic E-state index is -0.0227. The lowest BCUT2D eigenvalue weighted by Crippen LogP contribution is -2.42. The summed E-state index contributed by atoms with van der Waals surface area (Å²) in [6, 6.07) is 0. The molecule has 114 valence electrons. The summed E-state index contributed by atoms with van der Waals surface area (Å²) in [5.74, 6) is 0.863. The van der Waals surface area contributed by atoms with Crippen molar-refractivity contribution in [3.05, 3.63) is 0 Å². The standard InChI is InChI=1S/C16H35N3/c1-15(2,14-7-11-19(5)12-8-14)13-18-10-6-9-16(3,4)17/h14,18H,6-13,17H2,1-5H3. The zero-order chi connectivity index (χ0) is 14.5. The maximum absolute atomic E-state index is 6.00. The van der Waals surface area contributed by atoms with Gasteiger partial charge in [-0.2, -0.15) is 0 Å². The van der Waals surface area contributed by atoms with Crippen molar-refractivity contribution in [1.82, 2.24) is 10.2 Å². The molecule has 0 bridgehead atoms. The number of nitrogens with two attached hydrogens (primary N) is 1. The van der Waals surface area contributed by atoms with Gasteiger partial charge in [-0.05, 0) is 77.5 Å². The molecular weight excluding hydrogens is 234 g/mol. The summed E-state index contributed by atoms with van der Waals surface area (Å²) in [4.78, 5) is 2.45. The second kappa shape index (κ2) is 7.05. The van der Waals surface area contributed by atoms with Crippen LogP contribution in [0.2, 0.25) is 0 Å². The molecule has 0 unspecified atom stereocenters. The van der Waals surface area contributed by atoms with E-state index in [-0.39, 0.29) is 5.54 Å². The highest BCUT2D eigenvalue weighted by atomic mass is 15.1. The van der Waals surface area contributed by atoms with Gasteiger partial charge in [-0.1, -0.05) is 13.8 Å². The average molecular weight is 269 g/mol. The molecule has 0 spiro atoms. The minimum Gasteiger partial charge on any atom is -0.326 e. The Morgan fingerprint density at radius 3 is 2.26 bits per heavy atom. The van der Waals surface area contributed by atoms with Crippen molar-refractivity contribution >= 4 is 0 Å². The van der Waals surface area contributed by atoms with E-state index in [2.05, 4.69) is 45.0 Å². The SMILES string of the molecule is CN1CCC(C(C)(C)CNCCCC(C)(C)N)CC1. The van der Waals surface area contributed by atoms with Gasteiger partial charge in [0.25, 0.3) is 0 Å². The fourth-order valence-electron chi connectivity index (χ4n) is 3.01. The van der Waals surface area contributed by atoms with Gasteiger partial charge in [-0.3, -0.25) is 0 Å². The largest absolute Gasteiger partial charge is 0.326 e. The van der Waals surface area contributed by atoms with E-state index >= 15 is 0 Å². The number of likely N-dealkylation sites (tertiary alicyclic amines) is 1. The molecule has 3 heteroatoms. The molecule has 0 atom stereocenters. The third kappa shape index (κ3) is 6.73. The van der Waals surface area contributed by atoms with E-state index in [1.807, 2.05) is 0 Å². The second-order valence-corrected chi connectivity index (χ2v) is 7.84. The summed E-state index contributed by atoms with van der Waals surface area (Å²) < 4.78 is 0. The van der Waals surface area contributed by atoms with E-state index < -0.39 is 0 Å². The van der Waals surface area contributed by atoms with Crippen LogP contribution < -0.4 is 11.1 Å². The number of hydrogen-bond donors (Lipinski definition) is 2. The van der Waals surface area contributed by atoms with Crippen molar-refractivity contribution in [2.24, 2.45) is 17.1 Å². The Bertz CT molecular complexity index is 247. The third-order valence-electron chi connectivity index (χ3n) is 4.58. The van der Waals surface area contributed by atoms with Crippen molar-refractivity contribution in [2.75, 3.05) is 33.2 Å². The highest BCUT2D eigenvalue weighted by Gasteiger charge is 2.31. The predicted molar refractivity (Wildman–Crippen MR) is 84.4 cm³/mol. The second-order valence-electron chi connectivity index (χ2n) is 7.84. The van der Waals surface area contributed by atoms with Crippen LogP contribution in [0.25, 0.3) is 0 Å². The Labute approximate surface area is 120 Å². The summed E-state index contributed by atoms with van der Waals surface area (Å²) in [5.41, 5.74) is 6.39. The van der Waals surface area contributed by atoms with Crippen molar-refractivity contribution in [3.8, 4) is 0 Å². The van der Waals surface area contributed by atoms with E-state index in [0.29, 0.717) is 5.41 Å². The Balaban J connectivity index is 2.19. The Morgan fingerprint density at radius 1 is 1.16 bits per heavy atom. The summed E-state index contributed by atoms with van der Waals surface area (Å²) in [6.07, 6.45) is 4.96. The summed E-state index contributed by atoms with van der Waals surface area (Å²) >= 11 is 0. The third-order valence-corrected chi connectivity index (χ3v) is 4.58. The lowest BCUT2D eigenvalue weighted by Gasteiger charge is -2.40. The van der Waals surface area contributed by atoms with E-state index in [4.69, 9.17) is 5.73 Å². The molecular formula is C16H35N3. The number of hydrogen-bond acceptors (Lipinski definition) is 3. The van der Waals surface area contributed by atoms with Gasteiger partial charge in [0, 0.05) is 12.1 Å². The first-order chi connectivity index (χ1) is 8.71. The van der Waals surface area contributed by atoms with E-state index in [9.17, 15) is 0 Å². The topological polar surface area (TPSA) is 41.3 Å². The van der Waals surface area contributed by atoms with Crippen LogP contribution in [0.5, 0.6) is 0 Å². The normalized spacial score (nSPS) is 19.9. The predicted octanol–water partition coefficient (Wildman–Crippen LogP) is 2.46. The van der Waals surface area contributed by atoms with Gasteiger partial charge < -0.3 is 16.0 Å². The molecule has 0 aromatic heterocycles. The lowest BCUT2D eigenvalue weighted by molar-refractivity contribution is 0.113. The van der Waals surface area contributed by atoms with Crippen molar-refractivity contribution < 1.29 is 0 Å². The van der Waals surface area contributed by atoms with Gasteiger partial charge in [-0.15, -0.1) is 0 Å². The van der Waals surface area contributed by atoms with Crippen LogP contribution in [0.1, 0.15) is 53.4 Å². The van der Waals surface area contributed by atoms with Crippen LogP contribution in [-0.4, -0.2) is 43.7 Å². The van der Waals surface area contributed by atoms with Gasteiger partial charge in [-0.25, -0.2) is 0 Å². The maximum Gasteiger partial charge on any atom is 0.00975 e. The Kier molecular flexibility index (Phi) is 6.28. The van der Waals surface area contributed by atoms with Crippen molar-refractivity contribution in [1.29, 1.82) is 0 Å². The van der Waals surface area contributed by atoms with Gasteiger partial charge in [0.1, 0.15) is 0 Å². The lowest BCUT2D eigenvalue weighted by atomic mass is 9.73. The number of piperidine rings is 1. The molecule has 19 heavy (non-hydrogen) atoms. The fourth-order valence-corrected chi connectivity index (χ4v) is 3.01. The highest BCUT2D eigenvalue weighted by Crippen LogP contribution is 2.34. The molecule has 0 aromatic rings. The molecule has 1 aliphatic rings. The molecule has 0 saturated carbocycles. The van der Waals surface area contributed by atoms with E-state index in [1.54, 1.807) is 0 Å². The monoisotopic (exact) mass is 269 g/mol. The fraction of sp³-hybridized carbons (Fsp3) is 1.00. The molecule has 1 fully saturated rings. The van der Waals surface area contributed by atoms with Gasteiger partial charge in [0.05, 0.1) is 0 Å².